The third kappa shape index (κ3) is 2.10. The highest BCUT2D eigenvalue weighted by Gasteiger charge is 2.03. The van der Waals surface area contributed by atoms with Gasteiger partial charge in [-0.1, -0.05) is 36.4 Å². The van der Waals surface area contributed by atoms with Crippen LogP contribution in [0.3, 0.4) is 0 Å². The summed E-state index contributed by atoms with van der Waals surface area (Å²) < 4.78 is 0. The predicted octanol–water partition coefficient (Wildman–Crippen LogP) is 1.95. The first-order valence-corrected chi connectivity index (χ1v) is 6.24. The van der Waals surface area contributed by atoms with E-state index < -0.39 is 0 Å². The Balaban J connectivity index is 1.98. The van der Waals surface area contributed by atoms with E-state index in [-0.39, 0.29) is 0 Å². The fourth-order valence-corrected chi connectivity index (χ4v) is 2.19. The molecule has 0 aliphatic rings. The van der Waals surface area contributed by atoms with Gasteiger partial charge in [-0.25, -0.2) is 0 Å². The van der Waals surface area contributed by atoms with Crippen LogP contribution in [-0.2, 0) is 0 Å². The van der Waals surface area contributed by atoms with Crippen molar-refractivity contribution in [2.24, 2.45) is 11.6 Å². The Labute approximate surface area is 116 Å². The quantitative estimate of drug-likeness (QED) is 0.430. The Morgan fingerprint density at radius 2 is 1.85 bits per heavy atom. The number of nitrogens with one attached hydrogen (secondary N) is 2. The first kappa shape index (κ1) is 12.3. The molecule has 0 fully saturated rings. The Kier molecular flexibility index (Phi) is 3.10. The summed E-state index contributed by atoms with van der Waals surface area (Å²) in [6.45, 7) is 0. The van der Waals surface area contributed by atoms with Crippen LogP contribution in [0.25, 0.3) is 27.7 Å². The topological polar surface area (TPSA) is 92.8 Å². The highest BCUT2D eigenvalue weighted by Crippen LogP contribution is 2.24. The second-order valence-electron chi connectivity index (χ2n) is 4.47. The van der Waals surface area contributed by atoms with Crippen molar-refractivity contribution in [3.8, 4) is 11.1 Å². The molecule has 0 amide bonds. The third-order valence-electron chi connectivity index (χ3n) is 3.29. The van der Waals surface area contributed by atoms with Crippen LogP contribution < -0.4 is 17.0 Å². The maximum atomic E-state index is 5.50. The van der Waals surface area contributed by atoms with Crippen LogP contribution in [0.15, 0.2) is 54.9 Å². The number of benzene rings is 2. The molecule has 0 aliphatic heterocycles. The van der Waals surface area contributed by atoms with Gasteiger partial charge in [0.05, 0.1) is 17.4 Å². The van der Waals surface area contributed by atoms with Crippen molar-refractivity contribution < 1.29 is 0 Å². The molecule has 0 saturated carbocycles. The Hall–Kier alpha value is -2.79. The molecule has 0 atom stereocenters. The van der Waals surface area contributed by atoms with Crippen molar-refractivity contribution in [3.05, 3.63) is 60.4 Å². The maximum absolute atomic E-state index is 5.50. The number of fused-ring (bicyclic) bond motifs is 1. The number of rotatable bonds is 3. The molecule has 100 valence electrons. The lowest BCUT2D eigenvalue weighted by atomic mass is 10.0. The molecule has 0 radical (unpaired) electrons. The van der Waals surface area contributed by atoms with Crippen LogP contribution in [0.2, 0.25) is 0 Å². The van der Waals surface area contributed by atoms with Gasteiger partial charge in [-0.15, -0.1) is 0 Å². The van der Waals surface area contributed by atoms with E-state index in [9.17, 15) is 0 Å². The van der Waals surface area contributed by atoms with E-state index in [1.54, 1.807) is 0 Å². The number of hydrogen-bond acceptors (Lipinski definition) is 4. The predicted molar refractivity (Wildman–Crippen MR) is 81.0 cm³/mol. The van der Waals surface area contributed by atoms with Gasteiger partial charge < -0.3 is 11.2 Å². The second kappa shape index (κ2) is 5.07. The first-order chi connectivity index (χ1) is 9.81. The van der Waals surface area contributed by atoms with Crippen molar-refractivity contribution >= 4 is 16.6 Å². The van der Waals surface area contributed by atoms with Gasteiger partial charge in [0.25, 0.3) is 0 Å². The Bertz CT molecular complexity index is 755. The number of aromatic nitrogens is 2. The van der Waals surface area contributed by atoms with Gasteiger partial charge in [0, 0.05) is 17.1 Å². The largest absolute Gasteiger partial charge is 0.403 e. The van der Waals surface area contributed by atoms with Gasteiger partial charge >= 0.3 is 0 Å². The van der Waals surface area contributed by atoms with Gasteiger partial charge in [0.1, 0.15) is 0 Å². The Morgan fingerprint density at radius 3 is 2.55 bits per heavy atom. The summed E-state index contributed by atoms with van der Waals surface area (Å²) in [6, 6.07) is 14.2. The lowest BCUT2D eigenvalue weighted by molar-refractivity contribution is 0.988. The van der Waals surface area contributed by atoms with Crippen molar-refractivity contribution in [3.63, 3.8) is 0 Å². The molecule has 6 N–H and O–H groups in total. The monoisotopic (exact) mass is 265 g/mol. The highest BCUT2D eigenvalue weighted by molar-refractivity contribution is 5.84. The number of hydrogen-bond donors (Lipinski definition) is 4. The van der Waals surface area contributed by atoms with Gasteiger partial charge in [-0.05, 0) is 17.2 Å². The van der Waals surface area contributed by atoms with E-state index in [1.165, 1.54) is 6.20 Å². The Morgan fingerprint density at radius 1 is 1.10 bits per heavy atom. The molecule has 1 aromatic heterocycles. The molecular formula is C15H15N5. The summed E-state index contributed by atoms with van der Waals surface area (Å²) in [5.74, 6) is 5.41. The highest BCUT2D eigenvalue weighted by atomic mass is 15.2. The van der Waals surface area contributed by atoms with Crippen molar-refractivity contribution in [2.75, 3.05) is 0 Å². The SMILES string of the molecule is N/C=C(\NN)c1ccc(-c2ccc3cn[nH]c3c2)cc1. The molecule has 5 heteroatoms. The summed E-state index contributed by atoms with van der Waals surface area (Å²) in [7, 11) is 0. The van der Waals surface area contributed by atoms with Gasteiger partial charge in [0.15, 0.2) is 0 Å². The minimum absolute atomic E-state index is 0.695. The maximum Gasteiger partial charge on any atom is 0.0713 e. The van der Waals surface area contributed by atoms with Crippen LogP contribution in [0.1, 0.15) is 5.56 Å². The molecule has 20 heavy (non-hydrogen) atoms. The molecule has 1 heterocycles. The molecule has 5 nitrogen and oxygen atoms in total. The number of nitrogens with zero attached hydrogens (tertiary/aromatic N) is 1. The van der Waals surface area contributed by atoms with Crippen LogP contribution in [0, 0.1) is 0 Å². The molecule has 0 spiro atoms. The fraction of sp³-hybridized carbons (Fsp3) is 0. The summed E-state index contributed by atoms with van der Waals surface area (Å²) in [4.78, 5) is 0. The van der Waals surface area contributed by atoms with E-state index in [0.717, 1.165) is 27.6 Å². The molecule has 0 bridgehead atoms. The molecular weight excluding hydrogens is 250 g/mol. The average molecular weight is 265 g/mol. The molecule has 2 aromatic carbocycles. The van der Waals surface area contributed by atoms with Gasteiger partial charge in [0.2, 0.25) is 0 Å². The second-order valence-corrected chi connectivity index (χ2v) is 4.47. The molecule has 0 saturated heterocycles. The average Bonchev–Trinajstić information content (AvgIpc) is 2.96. The summed E-state index contributed by atoms with van der Waals surface area (Å²) >= 11 is 0. The number of aromatic amines is 1. The number of hydrazine groups is 1. The number of nitrogens with two attached hydrogens (primary N) is 2. The first-order valence-electron chi connectivity index (χ1n) is 6.24. The summed E-state index contributed by atoms with van der Waals surface area (Å²) in [5.41, 5.74) is 13.0. The molecule has 0 aliphatic carbocycles. The van der Waals surface area contributed by atoms with Crippen LogP contribution in [0.4, 0.5) is 0 Å². The molecule has 0 unspecified atom stereocenters. The zero-order valence-corrected chi connectivity index (χ0v) is 10.8. The van der Waals surface area contributed by atoms with E-state index in [4.69, 9.17) is 11.6 Å². The van der Waals surface area contributed by atoms with Crippen LogP contribution >= 0.6 is 0 Å². The minimum Gasteiger partial charge on any atom is -0.403 e. The molecule has 3 aromatic rings. The van der Waals surface area contributed by atoms with Crippen LogP contribution in [0.5, 0.6) is 0 Å². The van der Waals surface area contributed by atoms with Crippen molar-refractivity contribution in [2.45, 2.75) is 0 Å². The van der Waals surface area contributed by atoms with Crippen molar-refractivity contribution in [1.29, 1.82) is 0 Å². The minimum atomic E-state index is 0.695. The third-order valence-corrected chi connectivity index (χ3v) is 3.29. The lowest BCUT2D eigenvalue weighted by Crippen LogP contribution is -2.20. The number of H-pyrrole nitrogens is 1. The fourth-order valence-electron chi connectivity index (χ4n) is 2.19. The lowest BCUT2D eigenvalue weighted by Gasteiger charge is -2.07. The standard InChI is InChI=1S/C15H15N5/c16-8-15(19-17)11-3-1-10(2-4-11)12-5-6-13-9-18-20-14(13)7-12/h1-9,19H,16-17H2,(H,18,20)/b15-8-. The van der Waals surface area contributed by atoms with Crippen molar-refractivity contribution in [1.82, 2.24) is 15.6 Å². The van der Waals surface area contributed by atoms with Gasteiger partial charge in [-0.3, -0.25) is 10.9 Å². The van der Waals surface area contributed by atoms with E-state index in [0.29, 0.717) is 5.70 Å². The van der Waals surface area contributed by atoms with E-state index >= 15 is 0 Å². The zero-order valence-electron chi connectivity index (χ0n) is 10.8. The smallest absolute Gasteiger partial charge is 0.0713 e. The zero-order chi connectivity index (χ0) is 13.9. The summed E-state index contributed by atoms with van der Waals surface area (Å²) in [6.07, 6.45) is 3.26. The van der Waals surface area contributed by atoms with Crippen LogP contribution in [-0.4, -0.2) is 10.2 Å². The molecule has 3 rings (SSSR count). The normalized spacial score (nSPS) is 11.8. The van der Waals surface area contributed by atoms with E-state index in [1.807, 2.05) is 30.5 Å². The van der Waals surface area contributed by atoms with E-state index in [2.05, 4.69) is 33.8 Å². The summed E-state index contributed by atoms with van der Waals surface area (Å²) in [5, 5.41) is 8.11. The van der Waals surface area contributed by atoms with Gasteiger partial charge in [-0.2, -0.15) is 5.10 Å².